The van der Waals surface area contributed by atoms with Gasteiger partial charge in [-0.2, -0.15) is 0 Å². The van der Waals surface area contributed by atoms with Crippen molar-refractivity contribution in [3.05, 3.63) is 126 Å². The molecule has 0 radical (unpaired) electrons. The second kappa shape index (κ2) is 23.8. The van der Waals surface area contributed by atoms with Crippen LogP contribution in [0.2, 0.25) is 0 Å². The highest BCUT2D eigenvalue weighted by molar-refractivity contribution is 7.95. The van der Waals surface area contributed by atoms with E-state index in [0.717, 1.165) is 36.6 Å². The van der Waals surface area contributed by atoms with Crippen LogP contribution in [0.5, 0.6) is 0 Å². The Bertz CT molecular complexity index is 1550. The summed E-state index contributed by atoms with van der Waals surface area (Å²) < 4.78 is 5.84. The maximum atomic E-state index is 13.5. The Morgan fingerprint density at radius 3 is 1.59 bits per heavy atom. The summed E-state index contributed by atoms with van der Waals surface area (Å²) in [4.78, 5) is 26.4. The minimum absolute atomic E-state index is 0. The smallest absolute Gasteiger partial charge is 0.306 e. The van der Waals surface area contributed by atoms with E-state index in [4.69, 9.17) is 4.74 Å². The molecule has 0 saturated heterocycles. The molecule has 292 valence electrons. The summed E-state index contributed by atoms with van der Waals surface area (Å²) >= 11 is 0. The molecule has 4 rings (SSSR count). The first kappa shape index (κ1) is 45.3. The second-order valence-electron chi connectivity index (χ2n) is 15.7. The molecule has 0 unspecified atom stereocenters. The number of Topliss-reactive ketones (excluding diaryl/α,β-unsaturated/α-hetero) is 1. The molecule has 1 aliphatic rings. The lowest BCUT2D eigenvalue weighted by Gasteiger charge is -2.36. The monoisotopic (exact) mass is 812 g/mol. The Kier molecular flexibility index (Phi) is 19.9. The summed E-state index contributed by atoms with van der Waals surface area (Å²) in [5.74, 6) is -0.304. The normalized spacial score (nSPS) is 16.1. The van der Waals surface area contributed by atoms with Gasteiger partial charge < -0.3 is 21.7 Å². The van der Waals surface area contributed by atoms with Gasteiger partial charge in [-0.3, -0.25) is 9.59 Å². The molecule has 3 aromatic rings. The SMILES string of the molecule is CCCCCCCCCCCCCCCC(=O)O[C@H]1CC(C)(C)C(/C=C/C(C)=C/C[P+](c2ccccc2)(c2ccccc2)c2ccccc2)=C(C)C1=O.[Br-]. The Morgan fingerprint density at radius 1 is 0.722 bits per heavy atom. The van der Waals surface area contributed by atoms with Crippen LogP contribution < -0.4 is 32.9 Å². The zero-order chi connectivity index (χ0) is 37.9. The van der Waals surface area contributed by atoms with Crippen molar-refractivity contribution in [1.29, 1.82) is 0 Å². The number of carbonyl (C=O) groups excluding carboxylic acids is 2. The third-order valence-corrected chi connectivity index (χ3v) is 15.3. The van der Waals surface area contributed by atoms with Crippen molar-refractivity contribution in [2.24, 2.45) is 5.41 Å². The molecule has 0 heterocycles. The largest absolute Gasteiger partial charge is 1.00 e. The van der Waals surface area contributed by atoms with Crippen molar-refractivity contribution in [3.8, 4) is 0 Å². The van der Waals surface area contributed by atoms with Gasteiger partial charge in [0, 0.05) is 12.8 Å². The molecule has 3 aromatic carbocycles. The van der Waals surface area contributed by atoms with Gasteiger partial charge in [0.05, 0.1) is 6.16 Å². The Balaban J connectivity index is 0.00000784. The van der Waals surface area contributed by atoms with Crippen LogP contribution in [0.15, 0.2) is 126 Å². The van der Waals surface area contributed by atoms with Gasteiger partial charge in [0.2, 0.25) is 0 Å². The van der Waals surface area contributed by atoms with E-state index in [1.165, 1.54) is 80.1 Å². The minimum atomic E-state index is -1.98. The van der Waals surface area contributed by atoms with Crippen molar-refractivity contribution in [1.82, 2.24) is 0 Å². The van der Waals surface area contributed by atoms with E-state index < -0.39 is 13.4 Å². The Labute approximate surface area is 339 Å². The number of ketones is 1. The fourth-order valence-electron chi connectivity index (χ4n) is 7.87. The molecular weight excluding hydrogens is 747 g/mol. The average Bonchev–Trinajstić information content (AvgIpc) is 3.17. The van der Waals surface area contributed by atoms with Crippen molar-refractivity contribution >= 4 is 34.9 Å². The fraction of sp³-hybridized carbons (Fsp3) is 0.469. The summed E-state index contributed by atoms with van der Waals surface area (Å²) in [7, 11) is -1.98. The quantitative estimate of drug-likeness (QED) is 0.0440. The molecule has 5 heteroatoms. The number of carbonyl (C=O) groups is 2. The van der Waals surface area contributed by atoms with Gasteiger partial charge in [-0.15, -0.1) is 0 Å². The summed E-state index contributed by atoms with van der Waals surface area (Å²) in [5, 5.41) is 4.08. The molecule has 0 bridgehead atoms. The number of halogens is 1. The molecule has 1 aliphatic carbocycles. The van der Waals surface area contributed by atoms with Gasteiger partial charge >= 0.3 is 5.97 Å². The third-order valence-electron chi connectivity index (χ3n) is 11.0. The zero-order valence-electron chi connectivity index (χ0n) is 33.8. The first-order chi connectivity index (χ1) is 25.7. The van der Waals surface area contributed by atoms with Crippen molar-refractivity contribution in [3.63, 3.8) is 0 Å². The molecule has 0 amide bonds. The van der Waals surface area contributed by atoms with Crippen molar-refractivity contribution in [2.45, 2.75) is 137 Å². The summed E-state index contributed by atoms with van der Waals surface area (Å²) in [6.07, 6.45) is 24.2. The standard InChI is InChI=1S/C49H66O3P.BrH/c1-6-7-8-9-10-11-12-13-14-15-16-17-27-34-47(50)52-46-39-49(4,5)45(41(3)48(46)51)36-35-40(2)37-38-53(42-28-21-18-22-29-42,43-30-23-19-24-31-43)44-32-25-20-26-33-44;/h18-26,28-33,35-37,46H,6-17,27,34,38-39H2,1-5H3;1H/q+1;/p-1/b36-35+,40-37+;/t46-;/m0./s1. The molecule has 0 saturated carbocycles. The Hall–Kier alpha value is -3.07. The second-order valence-corrected chi connectivity index (χ2v) is 19.3. The molecule has 0 aromatic heterocycles. The predicted molar refractivity (Wildman–Crippen MR) is 229 cm³/mol. The molecule has 0 aliphatic heterocycles. The highest BCUT2D eigenvalue weighted by atomic mass is 79.9. The van der Waals surface area contributed by atoms with Crippen LogP contribution >= 0.6 is 7.26 Å². The maximum Gasteiger partial charge on any atom is 0.306 e. The van der Waals surface area contributed by atoms with E-state index in [2.05, 4.69) is 137 Å². The van der Waals surface area contributed by atoms with Crippen LogP contribution in [0.4, 0.5) is 0 Å². The van der Waals surface area contributed by atoms with Crippen LogP contribution in [0.25, 0.3) is 0 Å². The molecule has 0 spiro atoms. The highest BCUT2D eigenvalue weighted by Gasteiger charge is 2.44. The number of hydrogen-bond donors (Lipinski definition) is 0. The highest BCUT2D eigenvalue weighted by Crippen LogP contribution is 2.55. The molecule has 54 heavy (non-hydrogen) atoms. The number of ether oxygens (including phenoxy) is 1. The van der Waals surface area contributed by atoms with Crippen LogP contribution in [0, 0.1) is 5.41 Å². The van der Waals surface area contributed by atoms with Crippen LogP contribution in [-0.2, 0) is 14.3 Å². The first-order valence-corrected chi connectivity index (χ1v) is 22.5. The zero-order valence-corrected chi connectivity index (χ0v) is 36.3. The van der Waals surface area contributed by atoms with Crippen molar-refractivity contribution < 1.29 is 31.3 Å². The van der Waals surface area contributed by atoms with E-state index in [0.29, 0.717) is 18.4 Å². The number of allylic oxidation sites excluding steroid dienone is 5. The minimum Gasteiger partial charge on any atom is -1.00 e. The van der Waals surface area contributed by atoms with Gasteiger partial charge in [0.15, 0.2) is 11.9 Å². The summed E-state index contributed by atoms with van der Waals surface area (Å²) in [5.41, 5.74) is 2.58. The van der Waals surface area contributed by atoms with E-state index in [-0.39, 0.29) is 34.1 Å². The summed E-state index contributed by atoms with van der Waals surface area (Å²) in [6, 6.07) is 32.8. The third kappa shape index (κ3) is 13.3. The van der Waals surface area contributed by atoms with Crippen LogP contribution in [0.3, 0.4) is 0 Å². The van der Waals surface area contributed by atoms with Crippen LogP contribution in [0.1, 0.15) is 131 Å². The number of hydrogen-bond acceptors (Lipinski definition) is 3. The lowest BCUT2D eigenvalue weighted by Crippen LogP contribution is -3.00. The molecular formula is C49H66BrO3P. The van der Waals surface area contributed by atoms with Crippen molar-refractivity contribution in [2.75, 3.05) is 6.16 Å². The fourth-order valence-corrected chi connectivity index (χ4v) is 12.0. The number of unbranched alkanes of at least 4 members (excludes halogenated alkanes) is 12. The topological polar surface area (TPSA) is 43.4 Å². The van der Waals surface area contributed by atoms with E-state index in [1.54, 1.807) is 0 Å². The molecule has 0 N–H and O–H groups in total. The lowest BCUT2D eigenvalue weighted by atomic mass is 9.71. The number of esters is 1. The molecule has 3 nitrogen and oxygen atoms in total. The summed E-state index contributed by atoms with van der Waals surface area (Å²) in [6.45, 7) is 10.6. The molecule has 1 atom stereocenters. The average molecular weight is 814 g/mol. The first-order valence-electron chi connectivity index (χ1n) is 20.5. The van der Waals surface area contributed by atoms with E-state index in [1.807, 2.05) is 6.92 Å². The maximum absolute atomic E-state index is 13.5. The predicted octanol–water partition coefficient (Wildman–Crippen LogP) is 9.20. The van der Waals surface area contributed by atoms with Gasteiger partial charge in [0.25, 0.3) is 0 Å². The van der Waals surface area contributed by atoms with Gasteiger partial charge in [-0.1, -0.05) is 170 Å². The molecule has 0 fully saturated rings. The lowest BCUT2D eigenvalue weighted by molar-refractivity contribution is -0.156. The number of rotatable bonds is 22. The van der Waals surface area contributed by atoms with Gasteiger partial charge in [0.1, 0.15) is 23.2 Å². The number of benzene rings is 3. The van der Waals surface area contributed by atoms with E-state index in [9.17, 15) is 9.59 Å². The van der Waals surface area contributed by atoms with E-state index >= 15 is 0 Å². The Morgan fingerprint density at radius 2 is 1.15 bits per heavy atom. The van der Waals surface area contributed by atoms with Crippen LogP contribution in [-0.4, -0.2) is 24.0 Å². The van der Waals surface area contributed by atoms with Gasteiger partial charge in [-0.25, -0.2) is 0 Å². The van der Waals surface area contributed by atoms with Gasteiger partial charge in [-0.05, 0) is 79.3 Å².